The number of rotatable bonds is 4. The Kier molecular flexibility index (Phi) is 4.87. The van der Waals surface area contributed by atoms with E-state index in [0.29, 0.717) is 19.0 Å². The van der Waals surface area contributed by atoms with Crippen LogP contribution in [0.15, 0.2) is 6.07 Å². The minimum atomic E-state index is -3.50. The lowest BCUT2D eigenvalue weighted by Gasteiger charge is -2.38. The largest absolute Gasteiger partial charge is 0.372 e. The zero-order valence-electron chi connectivity index (χ0n) is 11.7. The summed E-state index contributed by atoms with van der Waals surface area (Å²) in [4.78, 5) is 9.89. The van der Waals surface area contributed by atoms with Crippen molar-refractivity contribution in [2.45, 2.75) is 19.1 Å². The summed E-state index contributed by atoms with van der Waals surface area (Å²) in [5.74, 6) is 0.660. The Labute approximate surface area is 128 Å². The number of aromatic nitrogens is 2. The number of anilines is 2. The van der Waals surface area contributed by atoms with Gasteiger partial charge in [0.1, 0.15) is 11.0 Å². The quantitative estimate of drug-likeness (QED) is 0.617. The summed E-state index contributed by atoms with van der Waals surface area (Å²) in [6, 6.07) is 1.65. The second-order valence-electron chi connectivity index (χ2n) is 4.85. The molecule has 21 heavy (non-hydrogen) atoms. The highest BCUT2D eigenvalue weighted by Gasteiger charge is 2.28. The summed E-state index contributed by atoms with van der Waals surface area (Å²) < 4.78 is 32.4. The lowest BCUT2D eigenvalue weighted by molar-refractivity contribution is -0.00297. The minimum absolute atomic E-state index is 0.0453. The molecule has 2 atom stereocenters. The van der Waals surface area contributed by atoms with Gasteiger partial charge in [-0.1, -0.05) is 11.6 Å². The average molecular weight is 337 g/mol. The van der Waals surface area contributed by atoms with Crippen LogP contribution in [0, 0.1) is 0 Å². The van der Waals surface area contributed by atoms with Crippen LogP contribution in [0.1, 0.15) is 6.92 Å². The highest BCUT2D eigenvalue weighted by Crippen LogP contribution is 2.23. The molecule has 0 amide bonds. The molecule has 2 N–H and O–H groups in total. The van der Waals surface area contributed by atoms with Crippen molar-refractivity contribution in [2.75, 3.05) is 36.6 Å². The van der Waals surface area contributed by atoms with Gasteiger partial charge in [-0.2, -0.15) is 13.4 Å². The van der Waals surface area contributed by atoms with Crippen LogP contribution in [0.2, 0.25) is 5.15 Å². The van der Waals surface area contributed by atoms with Crippen LogP contribution in [-0.2, 0) is 19.0 Å². The summed E-state index contributed by atoms with van der Waals surface area (Å²) >= 11 is 5.88. The van der Waals surface area contributed by atoms with E-state index in [2.05, 4.69) is 9.97 Å². The van der Waals surface area contributed by atoms with Crippen LogP contribution in [-0.4, -0.2) is 56.5 Å². The maximum Gasteiger partial charge on any atom is 0.264 e. The molecule has 2 heterocycles. The predicted octanol–water partition coefficient (Wildman–Crippen LogP) is 0.282. The minimum Gasteiger partial charge on any atom is -0.372 e. The molecule has 10 heteroatoms. The highest BCUT2D eigenvalue weighted by molar-refractivity contribution is 7.85. The fourth-order valence-electron chi connectivity index (χ4n) is 2.01. The first-order valence-electron chi connectivity index (χ1n) is 6.27. The summed E-state index contributed by atoms with van der Waals surface area (Å²) in [5.41, 5.74) is 5.59. The van der Waals surface area contributed by atoms with Crippen LogP contribution in [0.4, 0.5) is 11.8 Å². The van der Waals surface area contributed by atoms with Gasteiger partial charge in [0.15, 0.2) is 0 Å². The molecule has 0 radical (unpaired) electrons. The van der Waals surface area contributed by atoms with Crippen LogP contribution >= 0.6 is 11.6 Å². The zero-order valence-corrected chi connectivity index (χ0v) is 13.3. The lowest BCUT2D eigenvalue weighted by atomic mass is 10.2. The number of nitrogen functional groups attached to an aromatic ring is 1. The van der Waals surface area contributed by atoms with E-state index in [0.717, 1.165) is 6.26 Å². The van der Waals surface area contributed by atoms with Gasteiger partial charge in [-0.05, 0) is 6.92 Å². The van der Waals surface area contributed by atoms with E-state index < -0.39 is 10.1 Å². The molecule has 2 rings (SSSR count). The van der Waals surface area contributed by atoms with Gasteiger partial charge in [-0.25, -0.2) is 4.98 Å². The number of halogens is 1. The number of ether oxygens (including phenoxy) is 1. The first-order chi connectivity index (χ1) is 9.74. The van der Waals surface area contributed by atoms with Gasteiger partial charge in [0.05, 0.1) is 31.6 Å². The van der Waals surface area contributed by atoms with Crippen molar-refractivity contribution in [1.82, 2.24) is 9.97 Å². The van der Waals surface area contributed by atoms with Gasteiger partial charge >= 0.3 is 0 Å². The Morgan fingerprint density at radius 3 is 2.90 bits per heavy atom. The normalized spacial score (nSPS) is 23.3. The summed E-state index contributed by atoms with van der Waals surface area (Å²) in [7, 11) is -3.50. The maximum atomic E-state index is 11.0. The SMILES string of the molecule is C[C@@H]1CO[C@H](COS(C)(=O)=O)CN1c1cc(Cl)nc(N)n1. The van der Waals surface area contributed by atoms with E-state index in [9.17, 15) is 8.42 Å². The molecule has 1 aromatic heterocycles. The van der Waals surface area contributed by atoms with Gasteiger partial charge in [-0.3, -0.25) is 4.18 Å². The van der Waals surface area contributed by atoms with Gasteiger partial charge in [0.25, 0.3) is 10.1 Å². The Hall–Kier alpha value is -1.16. The molecule has 1 saturated heterocycles. The third kappa shape index (κ3) is 4.67. The third-order valence-electron chi connectivity index (χ3n) is 2.97. The summed E-state index contributed by atoms with van der Waals surface area (Å²) in [6.07, 6.45) is 0.618. The van der Waals surface area contributed by atoms with Crippen molar-refractivity contribution in [3.05, 3.63) is 11.2 Å². The molecule has 1 aromatic rings. The molecular formula is C11H17ClN4O4S. The second-order valence-corrected chi connectivity index (χ2v) is 6.88. The lowest BCUT2D eigenvalue weighted by Crippen LogP contribution is -2.50. The number of hydrogen-bond donors (Lipinski definition) is 1. The van der Waals surface area contributed by atoms with Crippen LogP contribution < -0.4 is 10.6 Å². The number of nitrogens with zero attached hydrogens (tertiary/aromatic N) is 3. The molecule has 0 aliphatic carbocycles. The predicted molar refractivity (Wildman–Crippen MR) is 78.8 cm³/mol. The van der Waals surface area contributed by atoms with Crippen LogP contribution in [0.3, 0.4) is 0 Å². The third-order valence-corrected chi connectivity index (χ3v) is 3.72. The Balaban J connectivity index is 2.10. The monoisotopic (exact) mass is 336 g/mol. The van der Waals surface area contributed by atoms with E-state index in [1.807, 2.05) is 11.8 Å². The Bertz CT molecular complexity index is 592. The van der Waals surface area contributed by atoms with E-state index in [4.69, 9.17) is 26.3 Å². The van der Waals surface area contributed by atoms with Gasteiger partial charge in [-0.15, -0.1) is 0 Å². The molecule has 0 saturated carbocycles. The van der Waals surface area contributed by atoms with Gasteiger partial charge in [0, 0.05) is 12.6 Å². The molecule has 0 spiro atoms. The molecule has 1 fully saturated rings. The standard InChI is InChI=1S/C11H17ClN4O4S/c1-7-5-19-8(6-20-21(2,17)18)4-16(7)10-3-9(12)14-11(13)15-10/h3,7-8H,4-6H2,1-2H3,(H2,13,14,15)/t7-,8+/m1/s1. The van der Waals surface area contributed by atoms with Crippen LogP contribution in [0.25, 0.3) is 0 Å². The van der Waals surface area contributed by atoms with E-state index in [1.54, 1.807) is 6.07 Å². The topological polar surface area (TPSA) is 108 Å². The maximum absolute atomic E-state index is 11.0. The molecule has 1 aliphatic heterocycles. The Morgan fingerprint density at radius 1 is 1.57 bits per heavy atom. The van der Waals surface area contributed by atoms with Crippen molar-refractivity contribution in [2.24, 2.45) is 0 Å². The van der Waals surface area contributed by atoms with Gasteiger partial charge < -0.3 is 15.4 Å². The molecule has 118 valence electrons. The van der Waals surface area contributed by atoms with Crippen LogP contribution in [0.5, 0.6) is 0 Å². The first kappa shape index (κ1) is 16.2. The zero-order chi connectivity index (χ0) is 15.6. The first-order valence-corrected chi connectivity index (χ1v) is 8.47. The summed E-state index contributed by atoms with van der Waals surface area (Å²) in [5, 5.41) is 0.250. The Morgan fingerprint density at radius 2 is 2.29 bits per heavy atom. The van der Waals surface area contributed by atoms with Gasteiger partial charge in [0.2, 0.25) is 5.95 Å². The second kappa shape index (κ2) is 6.30. The molecule has 0 bridgehead atoms. The van der Waals surface area contributed by atoms with Crippen molar-refractivity contribution in [3.8, 4) is 0 Å². The molecule has 8 nitrogen and oxygen atoms in total. The highest BCUT2D eigenvalue weighted by atomic mass is 35.5. The smallest absolute Gasteiger partial charge is 0.264 e. The van der Waals surface area contributed by atoms with E-state index in [-0.39, 0.29) is 29.9 Å². The summed E-state index contributed by atoms with van der Waals surface area (Å²) in [6.45, 7) is 2.75. The number of nitrogens with two attached hydrogens (primary N) is 1. The average Bonchev–Trinajstić information content (AvgIpc) is 2.35. The molecule has 0 unspecified atom stereocenters. The van der Waals surface area contributed by atoms with Crippen molar-refractivity contribution in [3.63, 3.8) is 0 Å². The molecule has 0 aromatic carbocycles. The number of morpholine rings is 1. The number of hydrogen-bond acceptors (Lipinski definition) is 8. The molecular weight excluding hydrogens is 320 g/mol. The fraction of sp³-hybridized carbons (Fsp3) is 0.636. The fourth-order valence-corrected chi connectivity index (χ4v) is 2.59. The molecule has 1 aliphatic rings. The van der Waals surface area contributed by atoms with Crippen molar-refractivity contribution >= 4 is 33.5 Å². The van der Waals surface area contributed by atoms with Crippen molar-refractivity contribution < 1.29 is 17.3 Å². The van der Waals surface area contributed by atoms with E-state index in [1.165, 1.54) is 0 Å². The van der Waals surface area contributed by atoms with Crippen molar-refractivity contribution in [1.29, 1.82) is 0 Å². The van der Waals surface area contributed by atoms with E-state index >= 15 is 0 Å².